The summed E-state index contributed by atoms with van der Waals surface area (Å²) in [4.78, 5) is 23.7. The summed E-state index contributed by atoms with van der Waals surface area (Å²) >= 11 is 5.13. The van der Waals surface area contributed by atoms with Gasteiger partial charge in [0.15, 0.2) is 5.11 Å². The van der Waals surface area contributed by atoms with Gasteiger partial charge in [0.1, 0.15) is 5.75 Å². The van der Waals surface area contributed by atoms with Gasteiger partial charge in [-0.25, -0.2) is 4.79 Å². The number of benzene rings is 2. The van der Waals surface area contributed by atoms with Crippen molar-refractivity contribution in [2.45, 2.75) is 6.92 Å². The molecular weight excluding hydrogens is 340 g/mol. The van der Waals surface area contributed by atoms with E-state index in [0.29, 0.717) is 29.2 Å². The number of nitrogens with one attached hydrogen (secondary N) is 2. The van der Waals surface area contributed by atoms with Gasteiger partial charge in [-0.2, -0.15) is 0 Å². The van der Waals surface area contributed by atoms with Gasteiger partial charge in [-0.05, 0) is 67.7 Å². The summed E-state index contributed by atoms with van der Waals surface area (Å²) in [6.07, 6.45) is 0. The number of anilines is 1. The number of hydrogen-bond acceptors (Lipinski definition) is 5. The lowest BCUT2D eigenvalue weighted by atomic mass is 10.2. The zero-order valence-corrected chi connectivity index (χ0v) is 14.7. The number of thiocarbonyl (C=S) groups is 1. The van der Waals surface area contributed by atoms with Crippen LogP contribution in [0.3, 0.4) is 0 Å². The molecule has 2 aromatic rings. The van der Waals surface area contributed by atoms with Crippen LogP contribution in [0.15, 0.2) is 48.5 Å². The minimum absolute atomic E-state index is 0.157. The minimum atomic E-state index is -0.385. The highest BCUT2D eigenvalue weighted by atomic mass is 32.1. The van der Waals surface area contributed by atoms with Crippen LogP contribution in [-0.2, 0) is 4.74 Å². The number of amides is 1. The van der Waals surface area contributed by atoms with Crippen molar-refractivity contribution in [3.8, 4) is 5.75 Å². The molecule has 2 aromatic carbocycles. The fraction of sp³-hybridized carbons (Fsp3) is 0.167. The third kappa shape index (κ3) is 5.29. The molecule has 0 saturated heterocycles. The fourth-order valence-electron chi connectivity index (χ4n) is 1.98. The van der Waals surface area contributed by atoms with Crippen molar-refractivity contribution in [1.82, 2.24) is 5.32 Å². The van der Waals surface area contributed by atoms with Gasteiger partial charge in [0, 0.05) is 11.3 Å². The van der Waals surface area contributed by atoms with Gasteiger partial charge in [-0.15, -0.1) is 0 Å². The number of carbonyl (C=O) groups excluding carboxylic acids is 2. The summed E-state index contributed by atoms with van der Waals surface area (Å²) in [7, 11) is 1.56. The second-order valence-electron chi connectivity index (χ2n) is 4.93. The molecule has 2 N–H and O–H groups in total. The van der Waals surface area contributed by atoms with Crippen molar-refractivity contribution >= 4 is 34.9 Å². The van der Waals surface area contributed by atoms with Crippen LogP contribution in [0.4, 0.5) is 5.69 Å². The first-order valence-electron chi connectivity index (χ1n) is 7.57. The molecule has 0 spiro atoms. The van der Waals surface area contributed by atoms with Crippen molar-refractivity contribution in [2.24, 2.45) is 0 Å². The summed E-state index contributed by atoms with van der Waals surface area (Å²) in [5, 5.41) is 5.63. The zero-order valence-electron chi connectivity index (χ0n) is 13.9. The maximum Gasteiger partial charge on any atom is 0.338 e. The molecule has 0 heterocycles. The summed E-state index contributed by atoms with van der Waals surface area (Å²) < 4.78 is 9.96. The SMILES string of the molecule is CCOC(=O)c1ccc(NC(=S)NC(=O)c2ccc(OC)cc2)cc1. The molecule has 0 aliphatic heterocycles. The van der Waals surface area contributed by atoms with Crippen molar-refractivity contribution in [3.63, 3.8) is 0 Å². The molecule has 0 aliphatic carbocycles. The van der Waals surface area contributed by atoms with E-state index in [0.717, 1.165) is 0 Å². The predicted molar refractivity (Wildman–Crippen MR) is 99.1 cm³/mol. The van der Waals surface area contributed by atoms with E-state index < -0.39 is 0 Å². The average molecular weight is 358 g/mol. The molecule has 1 amide bonds. The largest absolute Gasteiger partial charge is 0.497 e. The van der Waals surface area contributed by atoms with Crippen LogP contribution in [0.5, 0.6) is 5.75 Å². The summed E-state index contributed by atoms with van der Waals surface area (Å²) in [6.45, 7) is 2.07. The maximum absolute atomic E-state index is 12.1. The highest BCUT2D eigenvalue weighted by Crippen LogP contribution is 2.12. The lowest BCUT2D eigenvalue weighted by Crippen LogP contribution is -2.34. The van der Waals surface area contributed by atoms with E-state index in [9.17, 15) is 9.59 Å². The Hall–Kier alpha value is -2.93. The highest BCUT2D eigenvalue weighted by molar-refractivity contribution is 7.80. The van der Waals surface area contributed by atoms with Gasteiger partial charge in [-0.3, -0.25) is 10.1 Å². The summed E-state index contributed by atoms with van der Waals surface area (Å²) in [5.41, 5.74) is 1.55. The Morgan fingerprint density at radius 3 is 2.16 bits per heavy atom. The average Bonchev–Trinajstić information content (AvgIpc) is 2.62. The first kappa shape index (κ1) is 18.4. The van der Waals surface area contributed by atoms with Gasteiger partial charge < -0.3 is 14.8 Å². The van der Waals surface area contributed by atoms with E-state index in [1.54, 1.807) is 62.6 Å². The van der Waals surface area contributed by atoms with Crippen LogP contribution in [0, 0.1) is 0 Å². The molecule has 0 unspecified atom stereocenters. The topological polar surface area (TPSA) is 76.7 Å². The predicted octanol–water partition coefficient (Wildman–Crippen LogP) is 3.00. The minimum Gasteiger partial charge on any atom is -0.497 e. The van der Waals surface area contributed by atoms with E-state index in [4.69, 9.17) is 21.7 Å². The number of hydrogen-bond donors (Lipinski definition) is 2. The van der Waals surface area contributed by atoms with Crippen LogP contribution in [0.25, 0.3) is 0 Å². The van der Waals surface area contributed by atoms with E-state index in [1.807, 2.05) is 0 Å². The molecule has 6 nitrogen and oxygen atoms in total. The van der Waals surface area contributed by atoms with Gasteiger partial charge in [0.25, 0.3) is 5.91 Å². The molecule has 0 bridgehead atoms. The maximum atomic E-state index is 12.1. The van der Waals surface area contributed by atoms with Gasteiger partial charge >= 0.3 is 5.97 Å². The molecule has 25 heavy (non-hydrogen) atoms. The molecule has 130 valence electrons. The van der Waals surface area contributed by atoms with Gasteiger partial charge in [0.05, 0.1) is 19.3 Å². The quantitative estimate of drug-likeness (QED) is 0.632. The molecule has 0 atom stereocenters. The third-order valence-corrected chi connectivity index (χ3v) is 3.44. The molecular formula is C18H18N2O4S. The van der Waals surface area contributed by atoms with Crippen molar-refractivity contribution in [3.05, 3.63) is 59.7 Å². The Morgan fingerprint density at radius 1 is 1.00 bits per heavy atom. The van der Waals surface area contributed by atoms with Crippen LogP contribution in [-0.4, -0.2) is 30.7 Å². The van der Waals surface area contributed by atoms with E-state index in [2.05, 4.69) is 10.6 Å². The number of rotatable bonds is 5. The molecule has 0 aromatic heterocycles. The second kappa shape index (κ2) is 8.79. The van der Waals surface area contributed by atoms with Crippen molar-refractivity contribution in [2.75, 3.05) is 19.0 Å². The number of methoxy groups -OCH3 is 1. The van der Waals surface area contributed by atoms with Crippen molar-refractivity contribution in [1.29, 1.82) is 0 Å². The molecule has 0 saturated carbocycles. The zero-order chi connectivity index (χ0) is 18.2. The monoisotopic (exact) mass is 358 g/mol. The Kier molecular flexibility index (Phi) is 6.47. The van der Waals surface area contributed by atoms with Gasteiger partial charge in [0.2, 0.25) is 0 Å². The first-order valence-corrected chi connectivity index (χ1v) is 7.98. The third-order valence-electron chi connectivity index (χ3n) is 3.23. The Morgan fingerprint density at radius 2 is 1.60 bits per heavy atom. The summed E-state index contributed by atoms with van der Waals surface area (Å²) in [5.74, 6) is -0.0494. The number of carbonyl (C=O) groups is 2. The summed E-state index contributed by atoms with van der Waals surface area (Å²) in [6, 6.07) is 13.3. The molecule has 7 heteroatoms. The Balaban J connectivity index is 1.92. The lowest BCUT2D eigenvalue weighted by molar-refractivity contribution is 0.0526. The molecule has 0 radical (unpaired) electrons. The second-order valence-corrected chi connectivity index (χ2v) is 5.34. The normalized spacial score (nSPS) is 9.84. The number of ether oxygens (including phenoxy) is 2. The molecule has 2 rings (SSSR count). The number of esters is 1. The van der Waals surface area contributed by atoms with Crippen molar-refractivity contribution < 1.29 is 19.1 Å². The standard InChI is InChI=1S/C18H18N2O4S/c1-3-24-17(22)13-4-8-14(9-5-13)19-18(25)20-16(21)12-6-10-15(23-2)11-7-12/h4-11H,3H2,1-2H3,(H2,19,20,21,25). The van der Waals surface area contributed by atoms with E-state index >= 15 is 0 Å². The lowest BCUT2D eigenvalue weighted by Gasteiger charge is -2.10. The van der Waals surface area contributed by atoms with E-state index in [-0.39, 0.29) is 17.0 Å². The van der Waals surface area contributed by atoms with E-state index in [1.165, 1.54) is 0 Å². The molecule has 0 aliphatic rings. The van der Waals surface area contributed by atoms with Crippen LogP contribution in [0.2, 0.25) is 0 Å². The first-order chi connectivity index (χ1) is 12.0. The smallest absolute Gasteiger partial charge is 0.338 e. The Labute approximate surface area is 151 Å². The Bertz CT molecular complexity index is 758. The van der Waals surface area contributed by atoms with Crippen LogP contribution >= 0.6 is 12.2 Å². The van der Waals surface area contributed by atoms with Gasteiger partial charge in [-0.1, -0.05) is 0 Å². The van der Waals surface area contributed by atoms with Crippen LogP contribution in [0.1, 0.15) is 27.6 Å². The van der Waals surface area contributed by atoms with Crippen LogP contribution < -0.4 is 15.4 Å². The fourth-order valence-corrected chi connectivity index (χ4v) is 2.19. The molecule has 0 fully saturated rings. The highest BCUT2D eigenvalue weighted by Gasteiger charge is 2.09.